The van der Waals surface area contributed by atoms with Crippen molar-refractivity contribution in [2.24, 2.45) is 4.99 Å². The molecule has 1 saturated carbocycles. The predicted octanol–water partition coefficient (Wildman–Crippen LogP) is 4.59. The van der Waals surface area contributed by atoms with E-state index in [0.717, 1.165) is 77.8 Å². The fraction of sp³-hybridized carbons (Fsp3) is 0.484. The number of amides is 1. The molecule has 15 heteroatoms. The van der Waals surface area contributed by atoms with Crippen LogP contribution >= 0.6 is 0 Å². The zero-order valence-electron chi connectivity index (χ0n) is 25.7. The topological polar surface area (TPSA) is 173 Å². The van der Waals surface area contributed by atoms with Gasteiger partial charge in [0.2, 0.25) is 12.6 Å². The van der Waals surface area contributed by atoms with Crippen LogP contribution in [0.3, 0.4) is 0 Å². The zero-order chi connectivity index (χ0) is 32.4. The molecule has 244 valence electrons. The van der Waals surface area contributed by atoms with Crippen molar-refractivity contribution in [2.45, 2.75) is 70.7 Å². The second-order valence-corrected chi connectivity index (χ2v) is 11.0. The molecule has 1 amide bonds. The van der Waals surface area contributed by atoms with E-state index in [4.69, 9.17) is 19.2 Å². The predicted molar refractivity (Wildman–Crippen MR) is 164 cm³/mol. The number of aliphatic imine (C=N–C) groups is 1. The van der Waals surface area contributed by atoms with Crippen molar-refractivity contribution in [2.75, 3.05) is 26.4 Å². The number of carbonyl (C=O) groups is 2. The molecule has 0 saturated heterocycles. The number of aromatic nitrogens is 4. The summed E-state index contributed by atoms with van der Waals surface area (Å²) in [7, 11) is 0. The Morgan fingerprint density at radius 3 is 2.48 bits per heavy atom. The van der Waals surface area contributed by atoms with Crippen LogP contribution in [0.15, 0.2) is 53.5 Å². The van der Waals surface area contributed by atoms with E-state index in [1.54, 1.807) is 0 Å². The van der Waals surface area contributed by atoms with Gasteiger partial charge in [0.25, 0.3) is 11.0 Å². The lowest BCUT2D eigenvalue weighted by atomic mass is 9.97. The number of tetrazole rings is 1. The molecule has 5 rings (SSSR count). The lowest BCUT2D eigenvalue weighted by Gasteiger charge is -2.23. The summed E-state index contributed by atoms with van der Waals surface area (Å²) < 4.78 is 15.0. The molecule has 1 aliphatic heterocycles. The highest BCUT2D eigenvalue weighted by Crippen LogP contribution is 2.40. The van der Waals surface area contributed by atoms with Crippen molar-refractivity contribution >= 4 is 17.9 Å². The summed E-state index contributed by atoms with van der Waals surface area (Å²) in [4.78, 5) is 47.6. The summed E-state index contributed by atoms with van der Waals surface area (Å²) in [6, 6.07) is 15.8. The molecule has 2 heterocycles. The Morgan fingerprint density at radius 1 is 1.00 bits per heavy atom. The molecule has 1 aromatic heterocycles. The number of ether oxygens (including phenoxy) is 3. The monoisotopic (exact) mass is 635 g/mol. The van der Waals surface area contributed by atoms with Crippen LogP contribution in [-0.2, 0) is 37.1 Å². The first kappa shape index (κ1) is 32.5. The average molecular weight is 636 g/mol. The van der Waals surface area contributed by atoms with Gasteiger partial charge in [0.05, 0.1) is 19.8 Å². The molecular formula is C31H37N7O8. The molecule has 1 spiro atoms. The first-order chi connectivity index (χ1) is 22.4. The number of carbonyl (C=O) groups excluding carboxylic acids is 2. The Labute approximate surface area is 265 Å². The van der Waals surface area contributed by atoms with Crippen LogP contribution in [0, 0.1) is 10.1 Å². The van der Waals surface area contributed by atoms with Crippen LogP contribution in [0.2, 0.25) is 0 Å². The van der Waals surface area contributed by atoms with Crippen LogP contribution in [0.5, 0.6) is 0 Å². The number of unbranched alkanes of at least 4 members (excludes halogenated alkanes) is 1. The maximum Gasteiger partial charge on any atom is 0.510 e. The molecule has 0 unspecified atom stereocenters. The van der Waals surface area contributed by atoms with E-state index in [0.29, 0.717) is 12.4 Å². The maximum atomic E-state index is 13.5. The number of hydrogen-bond acceptors (Lipinski definition) is 12. The number of amidine groups is 1. The zero-order valence-corrected chi connectivity index (χ0v) is 25.7. The summed E-state index contributed by atoms with van der Waals surface area (Å²) in [5, 5.41) is 21.6. The highest BCUT2D eigenvalue weighted by atomic mass is 17.0. The van der Waals surface area contributed by atoms with Gasteiger partial charge >= 0.3 is 6.16 Å². The summed E-state index contributed by atoms with van der Waals surface area (Å²) in [5.74, 6) is 1.41. The van der Waals surface area contributed by atoms with Crippen molar-refractivity contribution in [3.05, 3.63) is 64.2 Å². The van der Waals surface area contributed by atoms with Gasteiger partial charge in [0.15, 0.2) is 0 Å². The van der Waals surface area contributed by atoms with E-state index in [2.05, 4.69) is 27.2 Å². The largest absolute Gasteiger partial charge is 0.510 e. The standard InChI is InChI=1S/C31H37N7O8/c1-2-3-10-27-32-31(15-6-7-16-31)29(39)36(27)21-23-11-13-24(14-12-23)25-8-4-5-9-26(25)28-33-35-37(34-28)22-45-30(40)44-19-17-43-18-20-46-38(41)42/h4-5,8-9,11-14H,2-3,6-7,10,15-22H2,1H3. The molecule has 0 bridgehead atoms. The van der Waals surface area contributed by atoms with E-state index in [1.807, 2.05) is 53.4 Å². The molecule has 2 aliphatic rings. The number of hydrogen-bond donors (Lipinski definition) is 0. The Morgan fingerprint density at radius 2 is 1.74 bits per heavy atom. The molecule has 1 fully saturated rings. The Kier molecular flexibility index (Phi) is 10.9. The van der Waals surface area contributed by atoms with E-state index >= 15 is 0 Å². The second kappa shape index (κ2) is 15.4. The molecule has 1 aliphatic carbocycles. The van der Waals surface area contributed by atoms with E-state index < -0.39 is 16.8 Å². The van der Waals surface area contributed by atoms with Gasteiger partial charge in [0, 0.05) is 12.0 Å². The van der Waals surface area contributed by atoms with Crippen molar-refractivity contribution in [3.63, 3.8) is 0 Å². The van der Waals surface area contributed by atoms with Crippen LogP contribution in [0.4, 0.5) is 4.79 Å². The summed E-state index contributed by atoms with van der Waals surface area (Å²) in [6.07, 6.45) is 5.69. The van der Waals surface area contributed by atoms with E-state index in [-0.39, 0.29) is 39.1 Å². The normalized spacial score (nSPS) is 15.3. The SMILES string of the molecule is CCCCC1=NC2(CCCC2)C(=O)N1Cc1ccc(-c2ccccc2-c2nnn(COC(=O)OCCOCCO[N+](=O)[O-])n2)cc1. The summed E-state index contributed by atoms with van der Waals surface area (Å²) >= 11 is 0. The molecular weight excluding hydrogens is 598 g/mol. The lowest BCUT2D eigenvalue weighted by molar-refractivity contribution is -0.758. The van der Waals surface area contributed by atoms with Gasteiger partial charge in [-0.1, -0.05) is 74.7 Å². The van der Waals surface area contributed by atoms with Crippen molar-refractivity contribution in [3.8, 4) is 22.5 Å². The molecule has 0 atom stereocenters. The minimum absolute atomic E-state index is 0.0188. The van der Waals surface area contributed by atoms with Gasteiger partial charge < -0.3 is 19.0 Å². The first-order valence-corrected chi connectivity index (χ1v) is 15.4. The van der Waals surface area contributed by atoms with Crippen molar-refractivity contribution in [1.82, 2.24) is 25.1 Å². The number of nitrogens with zero attached hydrogens (tertiary/aromatic N) is 7. The molecule has 0 N–H and O–H groups in total. The third-order valence-corrected chi connectivity index (χ3v) is 7.88. The van der Waals surface area contributed by atoms with E-state index in [9.17, 15) is 19.7 Å². The van der Waals surface area contributed by atoms with Gasteiger partial charge in [-0.3, -0.25) is 14.7 Å². The van der Waals surface area contributed by atoms with Gasteiger partial charge in [0.1, 0.15) is 24.6 Å². The molecule has 2 aromatic carbocycles. The fourth-order valence-electron chi connectivity index (χ4n) is 5.61. The highest BCUT2D eigenvalue weighted by molar-refractivity contribution is 6.08. The molecule has 0 radical (unpaired) electrons. The van der Waals surface area contributed by atoms with E-state index in [1.165, 1.54) is 0 Å². The molecule has 3 aromatic rings. The lowest BCUT2D eigenvalue weighted by Crippen LogP contribution is -2.40. The smallest absolute Gasteiger partial charge is 0.432 e. The Bertz CT molecular complexity index is 1540. The Balaban J connectivity index is 1.17. The minimum atomic E-state index is -0.956. The van der Waals surface area contributed by atoms with Gasteiger partial charge in [-0.05, 0) is 41.2 Å². The van der Waals surface area contributed by atoms with Crippen molar-refractivity contribution < 1.29 is 33.7 Å². The fourth-order valence-corrected chi connectivity index (χ4v) is 5.61. The molecule has 46 heavy (non-hydrogen) atoms. The van der Waals surface area contributed by atoms with Gasteiger partial charge in [-0.2, -0.15) is 0 Å². The second-order valence-electron chi connectivity index (χ2n) is 11.0. The number of rotatable bonds is 16. The van der Waals surface area contributed by atoms with Gasteiger partial charge in [-0.25, -0.2) is 4.79 Å². The summed E-state index contributed by atoms with van der Waals surface area (Å²) in [5.41, 5.74) is 3.06. The molecule has 15 nitrogen and oxygen atoms in total. The maximum absolute atomic E-state index is 13.5. The van der Waals surface area contributed by atoms with Gasteiger partial charge in [-0.15, -0.1) is 25.1 Å². The third kappa shape index (κ3) is 8.02. The third-order valence-electron chi connectivity index (χ3n) is 7.88. The summed E-state index contributed by atoms with van der Waals surface area (Å²) in [6.45, 7) is 1.99. The van der Waals surface area contributed by atoms with Crippen LogP contribution in [0.1, 0.15) is 57.4 Å². The highest BCUT2D eigenvalue weighted by Gasteiger charge is 2.49. The van der Waals surface area contributed by atoms with Crippen LogP contribution < -0.4 is 0 Å². The van der Waals surface area contributed by atoms with Crippen LogP contribution in [0.25, 0.3) is 22.5 Å². The Hall–Kier alpha value is -4.92. The number of benzene rings is 2. The average Bonchev–Trinajstić information content (AvgIpc) is 3.80. The quantitative estimate of drug-likeness (QED) is 0.0932. The van der Waals surface area contributed by atoms with Crippen LogP contribution in [-0.4, -0.2) is 80.1 Å². The van der Waals surface area contributed by atoms with Crippen molar-refractivity contribution in [1.29, 1.82) is 0 Å². The first-order valence-electron chi connectivity index (χ1n) is 15.4. The minimum Gasteiger partial charge on any atom is -0.432 e.